The summed E-state index contributed by atoms with van der Waals surface area (Å²) in [6.07, 6.45) is -5.02. The quantitative estimate of drug-likeness (QED) is 0.299. The molecule has 17 heavy (non-hydrogen) atoms. The van der Waals surface area contributed by atoms with Crippen molar-refractivity contribution in [2.45, 2.75) is 18.3 Å². The molecule has 0 aliphatic rings. The molecule has 0 aliphatic carbocycles. The number of carbonyl (C=O) groups excluding carboxylic acids is 1. The minimum absolute atomic E-state index is 0.879. The Morgan fingerprint density at radius 3 is 2.24 bits per heavy atom. The second kappa shape index (κ2) is 7.14. The first-order valence-electron chi connectivity index (χ1n) is 4.45. The van der Waals surface area contributed by atoms with E-state index in [1.165, 1.54) is 0 Å². The molecule has 0 radical (unpaired) electrons. The molecule has 0 bridgehead atoms. The van der Waals surface area contributed by atoms with Crippen LogP contribution in [0.3, 0.4) is 0 Å². The summed E-state index contributed by atoms with van der Waals surface area (Å²) in [7, 11) is -3.71. The van der Waals surface area contributed by atoms with E-state index in [0.29, 0.717) is 0 Å². The van der Waals surface area contributed by atoms with Crippen molar-refractivity contribution in [1.29, 1.82) is 0 Å². The fourth-order valence-electron chi connectivity index (χ4n) is 1.03. The highest BCUT2D eigenvalue weighted by atomic mass is 31.2. The van der Waals surface area contributed by atoms with Crippen LogP contribution in [0.1, 0.15) is 0 Å². The molecule has 0 rings (SSSR count). The number of ether oxygens (including phenoxy) is 1. The number of phosphoric acid groups is 1. The highest BCUT2D eigenvalue weighted by Gasteiger charge is 2.32. The number of phosphoric ester groups is 1. The number of ketones is 1. The number of aliphatic hydroxyl groups excluding tert-OH is 3. The van der Waals surface area contributed by atoms with E-state index in [1.807, 2.05) is 0 Å². The number of methoxy groups -OCH3 is 1. The summed E-state index contributed by atoms with van der Waals surface area (Å²) in [4.78, 5) is 27.8. The molecule has 0 aromatic heterocycles. The first kappa shape index (κ1) is 16.6. The zero-order valence-electron chi connectivity index (χ0n) is 8.96. The van der Waals surface area contributed by atoms with E-state index in [0.717, 1.165) is 7.11 Å². The molecular formula is C7H15O9P. The van der Waals surface area contributed by atoms with Gasteiger partial charge in [0.25, 0.3) is 0 Å². The Hall–Kier alpha value is -0.380. The lowest BCUT2D eigenvalue weighted by atomic mass is 10.1. The van der Waals surface area contributed by atoms with Gasteiger partial charge in [0, 0.05) is 7.11 Å². The smallest absolute Gasteiger partial charge is 0.388 e. The number of carbonyl (C=O) groups is 1. The molecule has 0 spiro atoms. The highest BCUT2D eigenvalue weighted by Crippen LogP contribution is 2.35. The Morgan fingerprint density at radius 1 is 1.35 bits per heavy atom. The molecule has 0 fully saturated rings. The van der Waals surface area contributed by atoms with Gasteiger partial charge in [0.15, 0.2) is 5.78 Å². The molecule has 10 heteroatoms. The number of rotatable bonds is 8. The monoisotopic (exact) mass is 274 g/mol. The van der Waals surface area contributed by atoms with Crippen LogP contribution in [0.25, 0.3) is 0 Å². The lowest BCUT2D eigenvalue weighted by Crippen LogP contribution is -2.46. The molecule has 0 aliphatic heterocycles. The molecule has 5 N–H and O–H groups in total. The van der Waals surface area contributed by atoms with Crippen molar-refractivity contribution in [3.63, 3.8) is 0 Å². The van der Waals surface area contributed by atoms with Crippen LogP contribution >= 0.6 is 7.82 Å². The van der Waals surface area contributed by atoms with E-state index in [9.17, 15) is 19.6 Å². The van der Waals surface area contributed by atoms with Crippen LogP contribution in [-0.4, -0.2) is 69.5 Å². The van der Waals surface area contributed by atoms with Crippen molar-refractivity contribution in [3.05, 3.63) is 0 Å². The summed E-state index contributed by atoms with van der Waals surface area (Å²) >= 11 is 0. The molecule has 0 amide bonds. The Labute approximate surface area is 96.8 Å². The summed E-state index contributed by atoms with van der Waals surface area (Å²) in [5, 5.41) is 27.3. The number of Topliss-reactive ketones (excluding diaryl/α,β-unsaturated/α-hetero) is 1. The third-order valence-electron chi connectivity index (χ3n) is 1.84. The average molecular weight is 274 g/mol. The van der Waals surface area contributed by atoms with Crippen LogP contribution < -0.4 is 0 Å². The van der Waals surface area contributed by atoms with Gasteiger partial charge in [-0.25, -0.2) is 4.57 Å². The van der Waals surface area contributed by atoms with Crippen LogP contribution in [0, 0.1) is 0 Å². The van der Waals surface area contributed by atoms with Gasteiger partial charge in [0.2, 0.25) is 0 Å². The highest BCUT2D eigenvalue weighted by molar-refractivity contribution is 7.46. The van der Waals surface area contributed by atoms with E-state index < -0.39 is 45.1 Å². The van der Waals surface area contributed by atoms with E-state index in [1.54, 1.807) is 0 Å². The maximum atomic E-state index is 11.0. The summed E-state index contributed by atoms with van der Waals surface area (Å²) in [6.45, 7) is -1.79. The SMILES string of the molecule is CO[C@@H](C(=O)CO)[C@H](O)[C@H](O)COP(=O)(O)O. The maximum absolute atomic E-state index is 11.0. The number of aliphatic hydroxyl groups is 3. The lowest BCUT2D eigenvalue weighted by Gasteiger charge is -2.24. The topological polar surface area (TPSA) is 154 Å². The zero-order valence-corrected chi connectivity index (χ0v) is 9.86. The van der Waals surface area contributed by atoms with E-state index >= 15 is 0 Å². The molecular weight excluding hydrogens is 259 g/mol. The van der Waals surface area contributed by atoms with E-state index in [4.69, 9.17) is 14.9 Å². The Kier molecular flexibility index (Phi) is 6.98. The minimum Gasteiger partial charge on any atom is -0.388 e. The molecule has 0 heterocycles. The van der Waals surface area contributed by atoms with Crippen LogP contribution in [-0.2, 0) is 18.6 Å². The second-order valence-corrected chi connectivity index (χ2v) is 4.36. The third-order valence-corrected chi connectivity index (χ3v) is 2.33. The summed E-state index contributed by atoms with van der Waals surface area (Å²) in [6, 6.07) is 0. The lowest BCUT2D eigenvalue weighted by molar-refractivity contribution is -0.146. The standard InChI is InChI=1S/C7H15O9P/c1-15-7(4(9)2-8)6(11)5(10)3-16-17(12,13)14/h5-8,10-11H,2-3H2,1H3,(H2,12,13,14)/t5-,6-,7+/m1/s1. The fourth-order valence-corrected chi connectivity index (χ4v) is 1.37. The van der Waals surface area contributed by atoms with Crippen molar-refractivity contribution in [2.24, 2.45) is 0 Å². The molecule has 9 nitrogen and oxygen atoms in total. The molecule has 102 valence electrons. The summed E-state index contributed by atoms with van der Waals surface area (Å²) in [5.41, 5.74) is 0. The van der Waals surface area contributed by atoms with Crippen LogP contribution in [0.5, 0.6) is 0 Å². The molecule has 0 saturated carbocycles. The molecule has 3 atom stereocenters. The first-order chi connectivity index (χ1) is 7.72. The predicted octanol–water partition coefficient (Wildman–Crippen LogP) is -2.61. The van der Waals surface area contributed by atoms with Crippen molar-refractivity contribution in [1.82, 2.24) is 0 Å². The van der Waals surface area contributed by atoms with Gasteiger partial charge in [-0.15, -0.1) is 0 Å². The van der Waals surface area contributed by atoms with Gasteiger partial charge in [-0.3, -0.25) is 9.32 Å². The van der Waals surface area contributed by atoms with Gasteiger partial charge in [-0.05, 0) is 0 Å². The van der Waals surface area contributed by atoms with Gasteiger partial charge in [-0.2, -0.15) is 0 Å². The van der Waals surface area contributed by atoms with Crippen LogP contribution in [0.4, 0.5) is 0 Å². The van der Waals surface area contributed by atoms with Gasteiger partial charge in [0.05, 0.1) is 6.61 Å². The van der Waals surface area contributed by atoms with Gasteiger partial charge in [-0.1, -0.05) is 0 Å². The Morgan fingerprint density at radius 2 is 1.88 bits per heavy atom. The number of hydrogen-bond acceptors (Lipinski definition) is 7. The van der Waals surface area contributed by atoms with E-state index in [2.05, 4.69) is 9.26 Å². The normalized spacial score (nSPS) is 17.5. The molecule has 0 saturated heterocycles. The Balaban J connectivity index is 4.41. The fraction of sp³-hybridized carbons (Fsp3) is 0.857. The third kappa shape index (κ3) is 6.20. The van der Waals surface area contributed by atoms with Crippen molar-refractivity contribution in [3.8, 4) is 0 Å². The van der Waals surface area contributed by atoms with Gasteiger partial charge >= 0.3 is 7.82 Å². The molecule has 0 aromatic rings. The van der Waals surface area contributed by atoms with Gasteiger partial charge in [0.1, 0.15) is 24.9 Å². The van der Waals surface area contributed by atoms with Crippen LogP contribution in [0.15, 0.2) is 0 Å². The first-order valence-corrected chi connectivity index (χ1v) is 5.98. The zero-order chi connectivity index (χ0) is 13.6. The molecule has 0 unspecified atom stereocenters. The van der Waals surface area contributed by atoms with Crippen molar-refractivity contribution < 1.29 is 43.7 Å². The van der Waals surface area contributed by atoms with Crippen molar-refractivity contribution in [2.75, 3.05) is 20.3 Å². The minimum atomic E-state index is -4.77. The predicted molar refractivity (Wildman–Crippen MR) is 52.9 cm³/mol. The van der Waals surface area contributed by atoms with Crippen molar-refractivity contribution >= 4 is 13.6 Å². The molecule has 0 aromatic carbocycles. The Bertz CT molecular complexity index is 287. The number of hydrogen-bond donors (Lipinski definition) is 5. The summed E-state index contributed by atoms with van der Waals surface area (Å²) in [5.74, 6) is -0.879. The van der Waals surface area contributed by atoms with Gasteiger partial charge < -0.3 is 29.8 Å². The van der Waals surface area contributed by atoms with E-state index in [-0.39, 0.29) is 0 Å². The van der Waals surface area contributed by atoms with Crippen LogP contribution in [0.2, 0.25) is 0 Å². The maximum Gasteiger partial charge on any atom is 0.469 e. The summed E-state index contributed by atoms with van der Waals surface area (Å²) < 4.78 is 18.8. The second-order valence-electron chi connectivity index (χ2n) is 3.13. The largest absolute Gasteiger partial charge is 0.469 e. The average Bonchev–Trinajstić information content (AvgIpc) is 2.25.